The molecule has 0 aromatic carbocycles. The second-order valence-electron chi connectivity index (χ2n) is 4.37. The van der Waals surface area contributed by atoms with Crippen LogP contribution in [0.5, 0.6) is 0 Å². The first-order chi connectivity index (χ1) is 8.61. The van der Waals surface area contributed by atoms with Gasteiger partial charge in [-0.05, 0) is 18.6 Å². The number of rotatable bonds is 4. The van der Waals surface area contributed by atoms with Crippen molar-refractivity contribution in [3.8, 4) is 0 Å². The van der Waals surface area contributed by atoms with Crippen LogP contribution in [0.4, 0.5) is 0 Å². The Kier molecular flexibility index (Phi) is 3.66. The van der Waals surface area contributed by atoms with Gasteiger partial charge in [0.15, 0.2) is 0 Å². The van der Waals surface area contributed by atoms with Crippen molar-refractivity contribution < 1.29 is 14.3 Å². The van der Waals surface area contributed by atoms with Crippen LogP contribution < -0.4 is 5.32 Å². The molecule has 1 aliphatic heterocycles. The van der Waals surface area contributed by atoms with Gasteiger partial charge in [-0.3, -0.25) is 4.79 Å². The van der Waals surface area contributed by atoms with Crippen molar-refractivity contribution in [2.45, 2.75) is 19.0 Å². The third-order valence-corrected chi connectivity index (χ3v) is 3.12. The van der Waals surface area contributed by atoms with Gasteiger partial charge >= 0.3 is 5.97 Å². The number of carbonyl (C=O) groups excluding carboxylic acids is 2. The number of amides is 1. The molecule has 2 N–H and O–H groups in total. The van der Waals surface area contributed by atoms with E-state index in [0.717, 1.165) is 18.7 Å². The fourth-order valence-corrected chi connectivity index (χ4v) is 2.02. The molecule has 1 fully saturated rings. The molecule has 6 nitrogen and oxygen atoms in total. The summed E-state index contributed by atoms with van der Waals surface area (Å²) in [6.45, 7) is 1.32. The summed E-state index contributed by atoms with van der Waals surface area (Å²) < 4.78 is 4.61. The molecule has 98 valence electrons. The van der Waals surface area contributed by atoms with E-state index in [1.165, 1.54) is 7.11 Å². The Labute approximate surface area is 105 Å². The minimum absolute atomic E-state index is 0.120. The summed E-state index contributed by atoms with van der Waals surface area (Å²) in [7, 11) is 3.14. The van der Waals surface area contributed by atoms with Gasteiger partial charge in [0.2, 0.25) is 5.91 Å². The lowest BCUT2D eigenvalue weighted by Crippen LogP contribution is -2.36. The van der Waals surface area contributed by atoms with Crippen LogP contribution >= 0.6 is 0 Å². The van der Waals surface area contributed by atoms with Crippen molar-refractivity contribution in [2.24, 2.45) is 0 Å². The Bertz CT molecular complexity index is 455. The zero-order valence-electron chi connectivity index (χ0n) is 10.5. The van der Waals surface area contributed by atoms with Crippen LogP contribution in [0.3, 0.4) is 0 Å². The Morgan fingerprint density at radius 3 is 3.00 bits per heavy atom. The minimum atomic E-state index is -0.391. The van der Waals surface area contributed by atoms with Gasteiger partial charge < -0.3 is 19.9 Å². The molecule has 1 atom stereocenters. The highest BCUT2D eigenvalue weighted by Crippen LogP contribution is 2.10. The minimum Gasteiger partial charge on any atom is -0.464 e. The van der Waals surface area contributed by atoms with E-state index >= 15 is 0 Å². The largest absolute Gasteiger partial charge is 0.464 e. The number of nitrogens with one attached hydrogen (secondary N) is 2. The summed E-state index contributed by atoms with van der Waals surface area (Å²) >= 11 is 0. The van der Waals surface area contributed by atoms with E-state index in [1.807, 2.05) is 6.07 Å². The van der Waals surface area contributed by atoms with Gasteiger partial charge in [-0.1, -0.05) is 0 Å². The Hall–Kier alpha value is -1.82. The summed E-state index contributed by atoms with van der Waals surface area (Å²) in [4.78, 5) is 27.6. The van der Waals surface area contributed by atoms with E-state index in [1.54, 1.807) is 18.0 Å². The Balaban J connectivity index is 1.89. The molecule has 0 saturated carbocycles. The molecule has 2 heterocycles. The number of H-pyrrole nitrogens is 1. The number of aromatic amines is 1. The Morgan fingerprint density at radius 1 is 1.61 bits per heavy atom. The van der Waals surface area contributed by atoms with Gasteiger partial charge in [-0.2, -0.15) is 0 Å². The summed E-state index contributed by atoms with van der Waals surface area (Å²) in [6, 6.07) is 3.35. The number of esters is 1. The number of hydrogen-bond donors (Lipinski definition) is 2. The average molecular weight is 251 g/mol. The lowest BCUT2D eigenvalue weighted by molar-refractivity contribution is -0.128. The molecule has 0 aliphatic carbocycles. The predicted octanol–water partition coefficient (Wildman–Crippen LogP) is 0.122. The molecular formula is C12H17N3O3. The van der Waals surface area contributed by atoms with Crippen molar-refractivity contribution in [1.82, 2.24) is 15.2 Å². The molecule has 1 aliphatic rings. The molecule has 0 spiro atoms. The maximum atomic E-state index is 11.7. The van der Waals surface area contributed by atoms with Crippen LogP contribution in [0.25, 0.3) is 0 Å². The zero-order valence-corrected chi connectivity index (χ0v) is 10.5. The molecule has 1 saturated heterocycles. The summed E-state index contributed by atoms with van der Waals surface area (Å²) in [5.41, 5.74) is 1.28. The van der Waals surface area contributed by atoms with Gasteiger partial charge in [0.1, 0.15) is 5.69 Å². The van der Waals surface area contributed by atoms with Crippen LogP contribution in [0.1, 0.15) is 22.6 Å². The number of nitrogens with zero attached hydrogens (tertiary/aromatic N) is 1. The van der Waals surface area contributed by atoms with E-state index in [0.29, 0.717) is 12.2 Å². The van der Waals surface area contributed by atoms with E-state index in [9.17, 15) is 9.59 Å². The van der Waals surface area contributed by atoms with Gasteiger partial charge in [-0.25, -0.2) is 4.79 Å². The van der Waals surface area contributed by atoms with Crippen molar-refractivity contribution >= 4 is 11.9 Å². The highest BCUT2D eigenvalue weighted by Gasteiger charge is 2.28. The van der Waals surface area contributed by atoms with Crippen molar-refractivity contribution in [2.75, 3.05) is 20.7 Å². The average Bonchev–Trinajstić information content (AvgIpc) is 2.96. The molecule has 1 amide bonds. The predicted molar refractivity (Wildman–Crippen MR) is 65.0 cm³/mol. The molecule has 2 rings (SSSR count). The van der Waals surface area contributed by atoms with Gasteiger partial charge in [0.25, 0.3) is 0 Å². The fourth-order valence-electron chi connectivity index (χ4n) is 2.02. The molecule has 0 bridgehead atoms. The zero-order chi connectivity index (χ0) is 13.1. The quantitative estimate of drug-likeness (QED) is 0.745. The number of carbonyl (C=O) groups is 2. The summed E-state index contributed by atoms with van der Waals surface area (Å²) in [6.07, 6.45) is 0.819. The summed E-state index contributed by atoms with van der Waals surface area (Å²) in [5, 5.41) is 3.17. The first-order valence-electron chi connectivity index (χ1n) is 5.86. The number of likely N-dealkylation sites (N-methyl/N-ethyl adjacent to an activating group) is 1. The van der Waals surface area contributed by atoms with E-state index in [2.05, 4.69) is 15.0 Å². The van der Waals surface area contributed by atoms with Gasteiger partial charge in [0, 0.05) is 25.8 Å². The number of ether oxygens (including phenoxy) is 1. The lowest BCUT2D eigenvalue weighted by Gasteiger charge is -2.11. The fraction of sp³-hybridized carbons (Fsp3) is 0.500. The third-order valence-electron chi connectivity index (χ3n) is 3.12. The topological polar surface area (TPSA) is 74.4 Å². The van der Waals surface area contributed by atoms with Crippen molar-refractivity contribution in [3.63, 3.8) is 0 Å². The van der Waals surface area contributed by atoms with E-state index in [-0.39, 0.29) is 11.9 Å². The highest BCUT2D eigenvalue weighted by molar-refractivity contribution is 5.87. The number of likely N-dealkylation sites (tertiary alicyclic amines) is 1. The number of aromatic nitrogens is 1. The molecule has 1 aromatic heterocycles. The van der Waals surface area contributed by atoms with Crippen molar-refractivity contribution in [3.05, 3.63) is 23.5 Å². The smallest absolute Gasteiger partial charge is 0.354 e. The van der Waals surface area contributed by atoms with Crippen LogP contribution in [-0.2, 0) is 16.1 Å². The molecule has 6 heteroatoms. The molecular weight excluding hydrogens is 234 g/mol. The lowest BCUT2D eigenvalue weighted by atomic mass is 10.2. The van der Waals surface area contributed by atoms with Crippen LogP contribution in [0.2, 0.25) is 0 Å². The standard InChI is InChI=1S/C12H17N3O3/c1-15-6-5-9(11(15)16)13-7-8-3-4-10(14-8)12(17)18-2/h3-4,9,13-14H,5-7H2,1-2H3. The molecule has 18 heavy (non-hydrogen) atoms. The monoisotopic (exact) mass is 251 g/mol. The molecule has 1 unspecified atom stereocenters. The number of methoxy groups -OCH3 is 1. The second-order valence-corrected chi connectivity index (χ2v) is 4.37. The van der Waals surface area contributed by atoms with Crippen LogP contribution in [0.15, 0.2) is 12.1 Å². The van der Waals surface area contributed by atoms with E-state index < -0.39 is 5.97 Å². The van der Waals surface area contributed by atoms with Crippen LogP contribution in [0, 0.1) is 0 Å². The normalized spacial score (nSPS) is 19.3. The molecule has 0 radical (unpaired) electrons. The van der Waals surface area contributed by atoms with Gasteiger partial charge in [0.05, 0.1) is 13.2 Å². The second kappa shape index (κ2) is 5.22. The SMILES string of the molecule is COC(=O)c1ccc(CNC2CCN(C)C2=O)[nH]1. The Morgan fingerprint density at radius 2 is 2.39 bits per heavy atom. The maximum absolute atomic E-state index is 11.7. The highest BCUT2D eigenvalue weighted by atomic mass is 16.5. The number of hydrogen-bond acceptors (Lipinski definition) is 4. The first kappa shape index (κ1) is 12.6. The van der Waals surface area contributed by atoms with Gasteiger partial charge in [-0.15, -0.1) is 0 Å². The van der Waals surface area contributed by atoms with Crippen LogP contribution in [-0.4, -0.2) is 48.5 Å². The molecule has 1 aromatic rings. The summed E-state index contributed by atoms with van der Waals surface area (Å²) in [5.74, 6) is -0.271. The third kappa shape index (κ3) is 2.53. The van der Waals surface area contributed by atoms with Crippen molar-refractivity contribution in [1.29, 1.82) is 0 Å². The first-order valence-corrected chi connectivity index (χ1v) is 5.86. The maximum Gasteiger partial charge on any atom is 0.354 e. The van der Waals surface area contributed by atoms with E-state index in [4.69, 9.17) is 0 Å².